The Hall–Kier alpha value is -2.68. The Labute approximate surface area is 230 Å². The van der Waals surface area contributed by atoms with Crippen LogP contribution in [-0.2, 0) is 11.2 Å². The fraction of sp³-hybridized carbons (Fsp3) is 0.567. The number of fused-ring (bicyclic) bond motifs is 1. The number of imidazole rings is 1. The van der Waals surface area contributed by atoms with Gasteiger partial charge in [0.2, 0.25) is 0 Å². The highest BCUT2D eigenvalue weighted by Crippen LogP contribution is 2.46. The van der Waals surface area contributed by atoms with Crippen LogP contribution in [0.1, 0.15) is 97.7 Å². The number of carbonyl (C=O) groups is 2. The topological polar surface area (TPSA) is 72.2 Å². The maximum Gasteiger partial charge on any atom is 0.393 e. The number of hydrogen-bond acceptors (Lipinski definition) is 4. The highest BCUT2D eigenvalue weighted by atomic mass is 32.1. The second-order valence-electron chi connectivity index (χ2n) is 11.3. The van der Waals surface area contributed by atoms with Crippen molar-refractivity contribution < 1.29 is 27.9 Å². The molecule has 0 radical (unpaired) electrons. The van der Waals surface area contributed by atoms with Gasteiger partial charge < -0.3 is 9.67 Å². The predicted octanol–water partition coefficient (Wildman–Crippen LogP) is 8.23. The molecule has 2 aliphatic rings. The van der Waals surface area contributed by atoms with Crippen molar-refractivity contribution in [2.75, 3.05) is 0 Å². The number of Topliss-reactive ketones (excluding diaryl/α,β-unsaturated/α-hetero) is 1. The molecule has 2 fully saturated rings. The molecule has 0 bridgehead atoms. The third kappa shape index (κ3) is 6.39. The van der Waals surface area contributed by atoms with Crippen LogP contribution in [0.15, 0.2) is 35.7 Å². The van der Waals surface area contributed by atoms with Crippen LogP contribution in [0.5, 0.6) is 0 Å². The van der Waals surface area contributed by atoms with E-state index in [2.05, 4.69) is 0 Å². The van der Waals surface area contributed by atoms with E-state index < -0.39 is 30.0 Å². The van der Waals surface area contributed by atoms with Crippen molar-refractivity contribution >= 4 is 34.1 Å². The van der Waals surface area contributed by atoms with Crippen LogP contribution in [-0.4, -0.2) is 32.6 Å². The molecule has 2 heterocycles. The Morgan fingerprint density at radius 3 is 2.49 bits per heavy atom. The van der Waals surface area contributed by atoms with Gasteiger partial charge in [-0.2, -0.15) is 13.2 Å². The highest BCUT2D eigenvalue weighted by Gasteiger charge is 2.47. The molecule has 9 heteroatoms. The zero-order chi connectivity index (χ0) is 27.6. The molecule has 0 aliphatic heterocycles. The van der Waals surface area contributed by atoms with Gasteiger partial charge in [0.15, 0.2) is 5.78 Å². The van der Waals surface area contributed by atoms with E-state index >= 15 is 0 Å². The summed E-state index contributed by atoms with van der Waals surface area (Å²) in [6, 6.07) is 8.08. The zero-order valence-corrected chi connectivity index (χ0v) is 22.8. The number of carboxylic acid groups (broad SMARTS) is 1. The standard InChI is InChI=1S/C30H35F3N2O3S/c31-30(32,33)23-10-4-5-11-25(23)35-26-13-12-20(16-24(26)34-28(35)18-22-9-6-14-39-22)27(36)17-21(29(37)38)15-19-7-2-1-3-8-19/h6,9,12-14,16,19,21,23,25H,1-5,7-8,10-11,15,17-18H2,(H,37,38)/t21-,23?,25?/m1/s1. The summed E-state index contributed by atoms with van der Waals surface area (Å²) >= 11 is 1.54. The van der Waals surface area contributed by atoms with Crippen LogP contribution < -0.4 is 0 Å². The van der Waals surface area contributed by atoms with Crippen LogP contribution in [0.25, 0.3) is 11.0 Å². The van der Waals surface area contributed by atoms with Gasteiger partial charge in [-0.25, -0.2) is 4.98 Å². The van der Waals surface area contributed by atoms with E-state index in [9.17, 15) is 27.9 Å². The van der Waals surface area contributed by atoms with Crippen LogP contribution in [0.3, 0.4) is 0 Å². The molecule has 2 aromatic heterocycles. The minimum Gasteiger partial charge on any atom is -0.481 e. The molecule has 5 rings (SSSR count). The SMILES string of the molecule is O=C(C[C@@H](CC1CCCCC1)C(=O)O)c1ccc2c(c1)nc(Cc1cccs1)n2C1CCCCC1C(F)(F)F. The maximum absolute atomic E-state index is 14.1. The van der Waals surface area contributed by atoms with Gasteiger partial charge in [-0.15, -0.1) is 11.3 Å². The molecular formula is C30H35F3N2O3S. The Kier molecular flexibility index (Phi) is 8.45. The lowest BCUT2D eigenvalue weighted by Gasteiger charge is -2.35. The largest absolute Gasteiger partial charge is 0.481 e. The number of alkyl halides is 3. The average molecular weight is 561 g/mol. The fourth-order valence-electron chi connectivity index (χ4n) is 6.63. The molecule has 2 aliphatic carbocycles. The van der Waals surface area contributed by atoms with E-state index in [4.69, 9.17) is 4.98 Å². The van der Waals surface area contributed by atoms with E-state index in [-0.39, 0.29) is 18.6 Å². The molecule has 0 saturated heterocycles. The summed E-state index contributed by atoms with van der Waals surface area (Å²) in [6.45, 7) is 0. The third-order valence-corrected chi connectivity index (χ3v) is 9.48. The first kappa shape index (κ1) is 27.9. The lowest BCUT2D eigenvalue weighted by atomic mass is 9.81. The summed E-state index contributed by atoms with van der Waals surface area (Å²) in [4.78, 5) is 31.0. The number of thiophene rings is 1. The molecule has 39 heavy (non-hydrogen) atoms. The van der Waals surface area contributed by atoms with Crippen molar-refractivity contribution in [2.45, 2.75) is 89.3 Å². The molecule has 210 valence electrons. The quantitative estimate of drug-likeness (QED) is 0.268. The smallest absolute Gasteiger partial charge is 0.393 e. The van der Waals surface area contributed by atoms with Gasteiger partial charge in [0, 0.05) is 29.3 Å². The molecule has 3 atom stereocenters. The van der Waals surface area contributed by atoms with Crippen LogP contribution in [0, 0.1) is 17.8 Å². The van der Waals surface area contributed by atoms with Gasteiger partial charge in [0.05, 0.1) is 22.9 Å². The fourth-order valence-corrected chi connectivity index (χ4v) is 7.33. The molecule has 3 aromatic rings. The van der Waals surface area contributed by atoms with Gasteiger partial charge in [0.25, 0.3) is 0 Å². The maximum atomic E-state index is 14.1. The normalized spacial score (nSPS) is 21.7. The highest BCUT2D eigenvalue weighted by molar-refractivity contribution is 7.09. The Morgan fingerprint density at radius 2 is 1.79 bits per heavy atom. The number of hydrogen-bond donors (Lipinski definition) is 1. The Morgan fingerprint density at radius 1 is 1.05 bits per heavy atom. The van der Waals surface area contributed by atoms with Crippen molar-refractivity contribution in [1.29, 1.82) is 0 Å². The van der Waals surface area contributed by atoms with Crippen molar-refractivity contribution in [3.8, 4) is 0 Å². The number of ketones is 1. The zero-order valence-electron chi connectivity index (χ0n) is 22.0. The number of aliphatic carboxylic acids is 1. The van der Waals surface area contributed by atoms with Gasteiger partial charge in [-0.3, -0.25) is 9.59 Å². The van der Waals surface area contributed by atoms with Crippen molar-refractivity contribution in [1.82, 2.24) is 9.55 Å². The summed E-state index contributed by atoms with van der Waals surface area (Å²) in [5.74, 6) is -2.49. The predicted molar refractivity (Wildman–Crippen MR) is 145 cm³/mol. The number of carbonyl (C=O) groups excluding carboxylic acids is 1. The van der Waals surface area contributed by atoms with Gasteiger partial charge in [-0.05, 0) is 54.8 Å². The summed E-state index contributed by atoms with van der Waals surface area (Å²) in [6.07, 6.45) is 3.74. The molecule has 2 saturated carbocycles. The number of nitrogens with zero attached hydrogens (tertiary/aromatic N) is 2. The van der Waals surface area contributed by atoms with Crippen LogP contribution in [0.2, 0.25) is 0 Å². The van der Waals surface area contributed by atoms with Gasteiger partial charge in [-0.1, -0.05) is 51.0 Å². The van der Waals surface area contributed by atoms with Crippen molar-refractivity contribution in [3.05, 3.63) is 52.0 Å². The number of rotatable bonds is 9. The van der Waals surface area contributed by atoms with Crippen LogP contribution >= 0.6 is 11.3 Å². The number of benzene rings is 1. The number of carboxylic acids is 1. The summed E-state index contributed by atoms with van der Waals surface area (Å²) in [5.41, 5.74) is 1.44. The molecular weight excluding hydrogens is 525 g/mol. The first-order valence-corrected chi connectivity index (χ1v) is 14.9. The Bertz CT molecular complexity index is 1290. The number of halogens is 3. The van der Waals surface area contributed by atoms with E-state index in [0.29, 0.717) is 54.0 Å². The van der Waals surface area contributed by atoms with Crippen molar-refractivity contribution in [2.24, 2.45) is 17.8 Å². The van der Waals surface area contributed by atoms with Crippen LogP contribution in [0.4, 0.5) is 13.2 Å². The summed E-state index contributed by atoms with van der Waals surface area (Å²) in [7, 11) is 0. The summed E-state index contributed by atoms with van der Waals surface area (Å²) in [5, 5.41) is 11.7. The molecule has 2 unspecified atom stereocenters. The molecule has 1 N–H and O–H groups in total. The lowest BCUT2D eigenvalue weighted by molar-refractivity contribution is -0.193. The first-order valence-electron chi connectivity index (χ1n) is 14.1. The second-order valence-corrected chi connectivity index (χ2v) is 12.3. The van der Waals surface area contributed by atoms with E-state index in [1.807, 2.05) is 17.5 Å². The second kappa shape index (κ2) is 11.8. The monoisotopic (exact) mass is 560 g/mol. The minimum absolute atomic E-state index is 0.0845. The lowest BCUT2D eigenvalue weighted by Crippen LogP contribution is -2.35. The van der Waals surface area contributed by atoms with E-state index in [1.165, 1.54) is 17.8 Å². The first-order chi connectivity index (χ1) is 18.7. The van der Waals surface area contributed by atoms with E-state index in [0.717, 1.165) is 37.0 Å². The van der Waals surface area contributed by atoms with E-state index in [1.54, 1.807) is 22.8 Å². The number of aromatic nitrogens is 2. The van der Waals surface area contributed by atoms with Crippen molar-refractivity contribution in [3.63, 3.8) is 0 Å². The minimum atomic E-state index is -4.30. The average Bonchev–Trinajstić information content (AvgIpc) is 3.55. The molecule has 1 aromatic carbocycles. The molecule has 5 nitrogen and oxygen atoms in total. The third-order valence-electron chi connectivity index (χ3n) is 8.60. The molecule has 0 amide bonds. The molecule has 0 spiro atoms. The van der Waals surface area contributed by atoms with Gasteiger partial charge in [0.1, 0.15) is 5.82 Å². The Balaban J connectivity index is 1.45. The summed E-state index contributed by atoms with van der Waals surface area (Å²) < 4.78 is 44.0. The van der Waals surface area contributed by atoms with Gasteiger partial charge >= 0.3 is 12.1 Å².